The molecule has 0 unspecified atom stereocenters. The van der Waals surface area contributed by atoms with Crippen LogP contribution < -0.4 is 0 Å². The molecule has 1 N–H and O–H groups in total. The number of allylic oxidation sites excluding steroid dienone is 1. The average Bonchev–Trinajstić information content (AvgIpc) is 2.86. The summed E-state index contributed by atoms with van der Waals surface area (Å²) in [5, 5.41) is 9.60. The first-order valence-electron chi connectivity index (χ1n) is 9.46. The lowest BCUT2D eigenvalue weighted by molar-refractivity contribution is -0.155. The number of carbonyl (C=O) groups excluding carboxylic acids is 1. The first-order valence-corrected chi connectivity index (χ1v) is 9.46. The van der Waals surface area contributed by atoms with Gasteiger partial charge in [0.1, 0.15) is 0 Å². The summed E-state index contributed by atoms with van der Waals surface area (Å²) < 4.78 is 28.4. The van der Waals surface area contributed by atoms with Crippen LogP contribution >= 0.6 is 0 Å². The van der Waals surface area contributed by atoms with Crippen LogP contribution in [-0.4, -0.2) is 22.8 Å². The van der Waals surface area contributed by atoms with Crippen LogP contribution in [0.1, 0.15) is 58.8 Å². The van der Waals surface area contributed by atoms with E-state index in [2.05, 4.69) is 6.92 Å². The van der Waals surface area contributed by atoms with Crippen LogP contribution in [0.4, 0.5) is 8.78 Å². The van der Waals surface area contributed by atoms with Crippen molar-refractivity contribution in [3.05, 3.63) is 11.6 Å². The van der Waals surface area contributed by atoms with Gasteiger partial charge in [-0.25, -0.2) is 0 Å². The molecule has 0 aromatic heterocycles. The van der Waals surface area contributed by atoms with E-state index in [4.69, 9.17) is 0 Å². The van der Waals surface area contributed by atoms with Gasteiger partial charge in [0.15, 0.2) is 0 Å². The van der Waals surface area contributed by atoms with Crippen molar-refractivity contribution in [3.63, 3.8) is 0 Å². The number of fused-ring (bicyclic) bond motifs is 5. The molecule has 25 heavy (non-hydrogen) atoms. The molecule has 4 aliphatic rings. The summed E-state index contributed by atoms with van der Waals surface area (Å²) >= 11 is 0. The van der Waals surface area contributed by atoms with Crippen molar-refractivity contribution in [1.29, 1.82) is 0 Å². The van der Waals surface area contributed by atoms with Crippen LogP contribution in [-0.2, 0) is 9.59 Å². The van der Waals surface area contributed by atoms with E-state index < -0.39 is 23.1 Å². The molecule has 0 saturated heterocycles. The zero-order chi connectivity index (χ0) is 18.2. The third kappa shape index (κ3) is 2.20. The largest absolute Gasteiger partial charge is 0.481 e. The van der Waals surface area contributed by atoms with Gasteiger partial charge in [-0.15, -0.1) is 0 Å². The number of carbonyl (C=O) groups is 2. The first kappa shape index (κ1) is 17.2. The Bertz CT molecular complexity index is 670. The van der Waals surface area contributed by atoms with Crippen molar-refractivity contribution in [3.8, 4) is 0 Å². The lowest BCUT2D eigenvalue weighted by Crippen LogP contribution is -2.54. The van der Waals surface area contributed by atoms with Gasteiger partial charge in [0.2, 0.25) is 5.78 Å². The molecule has 0 radical (unpaired) electrons. The minimum atomic E-state index is -3.26. The number of carboxylic acid groups (broad SMARTS) is 1. The van der Waals surface area contributed by atoms with Crippen LogP contribution in [0.5, 0.6) is 0 Å². The number of rotatable bonds is 1. The van der Waals surface area contributed by atoms with Gasteiger partial charge in [-0.05, 0) is 73.2 Å². The Balaban J connectivity index is 1.69. The van der Waals surface area contributed by atoms with Gasteiger partial charge >= 0.3 is 11.9 Å². The summed E-state index contributed by atoms with van der Waals surface area (Å²) in [6.45, 7) is 4.02. The van der Waals surface area contributed by atoms with Gasteiger partial charge in [-0.3, -0.25) is 9.59 Å². The molecule has 5 heteroatoms. The van der Waals surface area contributed by atoms with Crippen LogP contribution in [0.2, 0.25) is 0 Å². The van der Waals surface area contributed by atoms with E-state index in [1.54, 1.807) is 0 Å². The van der Waals surface area contributed by atoms with Gasteiger partial charge in [0, 0.05) is 6.42 Å². The van der Waals surface area contributed by atoms with E-state index in [-0.39, 0.29) is 23.7 Å². The maximum atomic E-state index is 14.2. The highest BCUT2D eigenvalue weighted by molar-refractivity contribution is 5.97. The Morgan fingerprint density at radius 2 is 1.88 bits per heavy atom. The minimum absolute atomic E-state index is 0.136. The highest BCUT2D eigenvalue weighted by Crippen LogP contribution is 2.67. The van der Waals surface area contributed by atoms with E-state index in [1.165, 1.54) is 6.08 Å². The number of ketones is 1. The van der Waals surface area contributed by atoms with E-state index in [0.717, 1.165) is 31.3 Å². The second kappa shape index (κ2) is 5.14. The Morgan fingerprint density at radius 3 is 2.56 bits per heavy atom. The van der Waals surface area contributed by atoms with Crippen molar-refractivity contribution in [2.45, 2.75) is 64.7 Å². The summed E-state index contributed by atoms with van der Waals surface area (Å²) in [6, 6.07) is 0. The molecule has 138 valence electrons. The van der Waals surface area contributed by atoms with E-state index in [0.29, 0.717) is 24.7 Å². The molecule has 3 fully saturated rings. The maximum absolute atomic E-state index is 14.2. The predicted octanol–water partition coefficient (Wildman–Crippen LogP) is 4.46. The quantitative estimate of drug-likeness (QED) is 0.758. The predicted molar refractivity (Wildman–Crippen MR) is 88.2 cm³/mol. The van der Waals surface area contributed by atoms with Gasteiger partial charge < -0.3 is 5.11 Å². The third-order valence-electron chi connectivity index (χ3n) is 8.29. The molecule has 0 amide bonds. The van der Waals surface area contributed by atoms with Crippen molar-refractivity contribution < 1.29 is 23.5 Å². The number of halogens is 2. The van der Waals surface area contributed by atoms with Crippen molar-refractivity contribution in [1.82, 2.24) is 0 Å². The van der Waals surface area contributed by atoms with Crippen LogP contribution in [0.15, 0.2) is 11.6 Å². The molecular weight excluding hydrogens is 326 g/mol. The molecule has 0 aromatic carbocycles. The molecule has 6 atom stereocenters. The zero-order valence-electron chi connectivity index (χ0n) is 14.9. The Kier molecular flexibility index (Phi) is 3.53. The molecule has 0 aliphatic heterocycles. The molecule has 0 heterocycles. The highest BCUT2D eigenvalue weighted by atomic mass is 19.3. The first-order chi connectivity index (χ1) is 11.6. The second-order valence-electron chi connectivity index (χ2n) is 9.26. The molecule has 0 spiro atoms. The number of hydrogen-bond acceptors (Lipinski definition) is 2. The molecule has 3 saturated carbocycles. The second-order valence-corrected chi connectivity index (χ2v) is 9.26. The summed E-state index contributed by atoms with van der Waals surface area (Å²) in [7, 11) is 0. The summed E-state index contributed by atoms with van der Waals surface area (Å²) in [5.41, 5.74) is 0.0710. The van der Waals surface area contributed by atoms with Gasteiger partial charge in [-0.1, -0.05) is 19.4 Å². The normalized spacial score (nSPS) is 48.2. The summed E-state index contributed by atoms with van der Waals surface area (Å²) in [6.07, 6.45) is 5.62. The average molecular weight is 352 g/mol. The molecule has 4 rings (SSSR count). The van der Waals surface area contributed by atoms with Crippen LogP contribution in [0, 0.1) is 34.5 Å². The standard InChI is InChI=1S/C20H26F2O3/c1-18-8-7-14-12(13(18)5-6-15(18)17(24)25)4-3-11-9-16(23)20(21,22)10-19(11,14)2/h9,12-15H,3-8,10H2,1-2H3,(H,24,25)/t12-,13-,14-,15+,18-,19-/m0/s1. The zero-order valence-corrected chi connectivity index (χ0v) is 14.9. The topological polar surface area (TPSA) is 54.4 Å². The van der Waals surface area contributed by atoms with Gasteiger partial charge in [0.05, 0.1) is 5.92 Å². The molecule has 3 nitrogen and oxygen atoms in total. The monoisotopic (exact) mass is 352 g/mol. The number of aliphatic carboxylic acids is 1. The van der Waals surface area contributed by atoms with E-state index in [9.17, 15) is 23.5 Å². The molecular formula is C20H26F2O3. The Labute approximate surface area is 146 Å². The number of hydrogen-bond donors (Lipinski definition) is 1. The fraction of sp³-hybridized carbons (Fsp3) is 0.800. The van der Waals surface area contributed by atoms with Crippen molar-refractivity contribution in [2.75, 3.05) is 0 Å². The lowest BCUT2D eigenvalue weighted by Gasteiger charge is -2.58. The summed E-state index contributed by atoms with van der Waals surface area (Å²) in [5.74, 6) is -4.58. The maximum Gasteiger partial charge on any atom is 0.309 e. The van der Waals surface area contributed by atoms with E-state index >= 15 is 0 Å². The van der Waals surface area contributed by atoms with Crippen molar-refractivity contribution in [2.24, 2.45) is 34.5 Å². The minimum Gasteiger partial charge on any atom is -0.481 e. The fourth-order valence-corrected chi connectivity index (χ4v) is 7.03. The Hall–Kier alpha value is -1.26. The summed E-state index contributed by atoms with van der Waals surface area (Å²) in [4.78, 5) is 23.4. The molecule has 0 bridgehead atoms. The lowest BCUT2D eigenvalue weighted by atomic mass is 9.46. The highest BCUT2D eigenvalue weighted by Gasteiger charge is 2.62. The molecule has 4 aliphatic carbocycles. The third-order valence-corrected chi connectivity index (χ3v) is 8.29. The van der Waals surface area contributed by atoms with Gasteiger partial charge in [0.25, 0.3) is 0 Å². The number of alkyl halides is 2. The number of carboxylic acids is 1. The van der Waals surface area contributed by atoms with Gasteiger partial charge in [-0.2, -0.15) is 8.78 Å². The Morgan fingerprint density at radius 1 is 1.16 bits per heavy atom. The smallest absolute Gasteiger partial charge is 0.309 e. The van der Waals surface area contributed by atoms with E-state index in [1.807, 2.05) is 6.92 Å². The van der Waals surface area contributed by atoms with Crippen molar-refractivity contribution >= 4 is 11.8 Å². The van der Waals surface area contributed by atoms with Crippen LogP contribution in [0.25, 0.3) is 0 Å². The molecule has 0 aromatic rings. The fourth-order valence-electron chi connectivity index (χ4n) is 7.03. The van der Waals surface area contributed by atoms with Crippen LogP contribution in [0.3, 0.4) is 0 Å². The SMILES string of the molecule is C[C@]12CC[C@H]3[C@@H](CCC4=CC(=O)C(F)(F)C[C@@]43C)[C@@H]1CC[C@@H]2C(=O)O.